The zero-order chi connectivity index (χ0) is 11.5. The first-order valence-electron chi connectivity index (χ1n) is 4.22. The van der Waals surface area contributed by atoms with E-state index in [9.17, 15) is 4.79 Å². The fourth-order valence-electron chi connectivity index (χ4n) is 1.02. The summed E-state index contributed by atoms with van der Waals surface area (Å²) < 4.78 is 9.49. The maximum absolute atomic E-state index is 11.6. The van der Waals surface area contributed by atoms with Crippen LogP contribution in [0.25, 0.3) is 0 Å². The van der Waals surface area contributed by atoms with Crippen molar-refractivity contribution in [2.45, 2.75) is 0 Å². The monoisotopic (exact) mass is 299 g/mol. The maximum Gasteiger partial charge on any atom is 0.359 e. The molecule has 0 fully saturated rings. The average molecular weight is 300 g/mol. The van der Waals surface area contributed by atoms with Crippen molar-refractivity contribution in [2.75, 3.05) is 5.73 Å². The van der Waals surface area contributed by atoms with Gasteiger partial charge in [0, 0.05) is 4.47 Å². The predicted molar refractivity (Wildman–Crippen MR) is 63.4 cm³/mol. The molecule has 1 aromatic carbocycles. The minimum atomic E-state index is -0.550. The molecule has 0 aliphatic carbocycles. The lowest BCUT2D eigenvalue weighted by molar-refractivity contribution is 0.0740. The van der Waals surface area contributed by atoms with Gasteiger partial charge in [-0.15, -0.1) is 5.10 Å². The number of hydrogen-bond acceptors (Lipinski definition) is 6. The van der Waals surface area contributed by atoms with Crippen LogP contribution in [-0.4, -0.2) is 15.6 Å². The van der Waals surface area contributed by atoms with E-state index in [4.69, 9.17) is 10.5 Å². The van der Waals surface area contributed by atoms with Crippen molar-refractivity contribution < 1.29 is 9.53 Å². The van der Waals surface area contributed by atoms with Crippen LogP contribution < -0.4 is 10.5 Å². The van der Waals surface area contributed by atoms with Crippen LogP contribution in [0.1, 0.15) is 9.67 Å². The van der Waals surface area contributed by atoms with Crippen molar-refractivity contribution in [2.24, 2.45) is 0 Å². The Kier molecular flexibility index (Phi) is 3.16. The first-order valence-corrected chi connectivity index (χ1v) is 5.79. The number of carbonyl (C=O) groups is 1. The Morgan fingerprint density at radius 3 is 2.94 bits per heavy atom. The van der Waals surface area contributed by atoms with Gasteiger partial charge < -0.3 is 10.5 Å². The summed E-state index contributed by atoms with van der Waals surface area (Å²) in [4.78, 5) is 11.8. The SMILES string of the molecule is Nc1nnsc1C(=O)Oc1cccc(Br)c1. The van der Waals surface area contributed by atoms with Gasteiger partial charge in [0.25, 0.3) is 0 Å². The molecule has 7 heteroatoms. The molecular weight excluding hydrogens is 294 g/mol. The molecule has 0 bridgehead atoms. The third kappa shape index (κ3) is 2.37. The third-order valence-electron chi connectivity index (χ3n) is 1.71. The van der Waals surface area contributed by atoms with E-state index < -0.39 is 5.97 Å². The van der Waals surface area contributed by atoms with Crippen LogP contribution in [0, 0.1) is 0 Å². The van der Waals surface area contributed by atoms with Gasteiger partial charge in [0.2, 0.25) is 0 Å². The number of aromatic nitrogens is 2. The van der Waals surface area contributed by atoms with Crippen molar-refractivity contribution in [3.05, 3.63) is 33.6 Å². The molecule has 2 aromatic rings. The Morgan fingerprint density at radius 2 is 2.31 bits per heavy atom. The van der Waals surface area contributed by atoms with Gasteiger partial charge in [0.05, 0.1) is 0 Å². The number of benzene rings is 1. The highest BCUT2D eigenvalue weighted by atomic mass is 79.9. The van der Waals surface area contributed by atoms with Crippen LogP contribution in [0.15, 0.2) is 28.7 Å². The number of hydrogen-bond donors (Lipinski definition) is 1. The summed E-state index contributed by atoms with van der Waals surface area (Å²) in [6, 6.07) is 6.96. The molecule has 2 N–H and O–H groups in total. The second-order valence-corrected chi connectivity index (χ2v) is 4.50. The van der Waals surface area contributed by atoms with Gasteiger partial charge >= 0.3 is 5.97 Å². The molecule has 16 heavy (non-hydrogen) atoms. The Hall–Kier alpha value is -1.47. The molecule has 0 aliphatic rings. The Labute approximate surface area is 104 Å². The minimum Gasteiger partial charge on any atom is -0.422 e. The zero-order valence-corrected chi connectivity index (χ0v) is 10.3. The second-order valence-electron chi connectivity index (χ2n) is 2.83. The molecule has 82 valence electrons. The van der Waals surface area contributed by atoms with Crippen molar-refractivity contribution in [3.63, 3.8) is 0 Å². The van der Waals surface area contributed by atoms with E-state index in [2.05, 4.69) is 25.5 Å². The molecular formula is C9H6BrN3O2S. The van der Waals surface area contributed by atoms with Crippen LogP contribution >= 0.6 is 27.5 Å². The maximum atomic E-state index is 11.6. The Morgan fingerprint density at radius 1 is 1.50 bits per heavy atom. The Bertz CT molecular complexity index is 529. The summed E-state index contributed by atoms with van der Waals surface area (Å²) in [6.45, 7) is 0. The van der Waals surface area contributed by atoms with Gasteiger partial charge in [-0.3, -0.25) is 0 Å². The van der Waals surface area contributed by atoms with Crippen molar-refractivity contribution in [1.82, 2.24) is 9.59 Å². The molecule has 5 nitrogen and oxygen atoms in total. The Balaban J connectivity index is 2.17. The first-order chi connectivity index (χ1) is 7.66. The fourth-order valence-corrected chi connectivity index (χ4v) is 1.86. The summed E-state index contributed by atoms with van der Waals surface area (Å²) >= 11 is 4.19. The number of rotatable bonds is 2. The molecule has 0 saturated heterocycles. The molecule has 0 amide bonds. The van der Waals surface area contributed by atoms with Crippen LogP contribution in [-0.2, 0) is 0 Å². The fraction of sp³-hybridized carbons (Fsp3) is 0. The summed E-state index contributed by atoms with van der Waals surface area (Å²) in [5, 5.41) is 3.53. The molecule has 0 spiro atoms. The van der Waals surface area contributed by atoms with Gasteiger partial charge in [0.1, 0.15) is 5.75 Å². The molecule has 0 unspecified atom stereocenters. The van der Waals surface area contributed by atoms with Crippen LogP contribution in [0.3, 0.4) is 0 Å². The van der Waals surface area contributed by atoms with E-state index in [1.54, 1.807) is 18.2 Å². The number of carbonyl (C=O) groups excluding carboxylic acids is 1. The largest absolute Gasteiger partial charge is 0.422 e. The van der Waals surface area contributed by atoms with Crippen molar-refractivity contribution in [1.29, 1.82) is 0 Å². The van der Waals surface area contributed by atoms with Gasteiger partial charge in [-0.2, -0.15) is 0 Å². The zero-order valence-electron chi connectivity index (χ0n) is 7.88. The van der Waals surface area contributed by atoms with Crippen LogP contribution in [0.2, 0.25) is 0 Å². The number of nitrogen functional groups attached to an aromatic ring is 1. The number of nitrogens with two attached hydrogens (primary N) is 1. The lowest BCUT2D eigenvalue weighted by Gasteiger charge is -2.02. The second kappa shape index (κ2) is 4.58. The third-order valence-corrected chi connectivity index (χ3v) is 2.92. The van der Waals surface area contributed by atoms with Gasteiger partial charge in [-0.1, -0.05) is 26.5 Å². The molecule has 0 radical (unpaired) electrons. The summed E-state index contributed by atoms with van der Waals surface area (Å²) in [7, 11) is 0. The van der Waals surface area contributed by atoms with Crippen LogP contribution in [0.4, 0.5) is 5.82 Å². The van der Waals surface area contributed by atoms with Gasteiger partial charge in [-0.25, -0.2) is 4.79 Å². The highest BCUT2D eigenvalue weighted by Crippen LogP contribution is 2.20. The van der Waals surface area contributed by atoms with Crippen LogP contribution in [0.5, 0.6) is 5.75 Å². The topological polar surface area (TPSA) is 78.1 Å². The number of ether oxygens (including phenoxy) is 1. The quantitative estimate of drug-likeness (QED) is 0.679. The number of halogens is 1. The number of esters is 1. The lowest BCUT2D eigenvalue weighted by Crippen LogP contribution is -2.08. The highest BCUT2D eigenvalue weighted by molar-refractivity contribution is 9.10. The molecule has 2 rings (SSSR count). The molecule has 0 saturated carbocycles. The van der Waals surface area contributed by atoms with Crippen molar-refractivity contribution in [3.8, 4) is 5.75 Å². The van der Waals surface area contributed by atoms with Gasteiger partial charge in [0.15, 0.2) is 10.7 Å². The standard InChI is InChI=1S/C9H6BrN3O2S/c10-5-2-1-3-6(4-5)15-9(14)7-8(11)12-13-16-7/h1-4H,11H2. The highest BCUT2D eigenvalue weighted by Gasteiger charge is 2.16. The van der Waals surface area contributed by atoms with E-state index in [1.807, 2.05) is 6.07 Å². The summed E-state index contributed by atoms with van der Waals surface area (Å²) in [5.41, 5.74) is 5.45. The lowest BCUT2D eigenvalue weighted by atomic mass is 10.3. The van der Waals surface area contributed by atoms with Crippen molar-refractivity contribution >= 4 is 39.2 Å². The molecule has 1 heterocycles. The minimum absolute atomic E-state index is 0.0880. The van der Waals surface area contributed by atoms with Gasteiger partial charge in [-0.05, 0) is 29.7 Å². The summed E-state index contributed by atoms with van der Waals surface area (Å²) in [6.07, 6.45) is 0. The number of anilines is 1. The predicted octanol–water partition coefficient (Wildman–Crippen LogP) is 2.10. The smallest absolute Gasteiger partial charge is 0.359 e. The van der Waals surface area contributed by atoms with E-state index in [1.165, 1.54) is 0 Å². The molecule has 0 atom stereocenters. The molecule has 1 aromatic heterocycles. The average Bonchev–Trinajstić information content (AvgIpc) is 2.64. The first kappa shape index (κ1) is 11.0. The van der Waals surface area contributed by atoms with E-state index in [0.29, 0.717) is 5.75 Å². The van der Waals surface area contributed by atoms with E-state index in [-0.39, 0.29) is 10.7 Å². The molecule has 0 aliphatic heterocycles. The number of nitrogens with zero attached hydrogens (tertiary/aromatic N) is 2. The van der Waals surface area contributed by atoms with E-state index in [0.717, 1.165) is 16.0 Å². The normalized spacial score (nSPS) is 10.1. The van der Waals surface area contributed by atoms with E-state index >= 15 is 0 Å². The summed E-state index contributed by atoms with van der Waals surface area (Å²) in [5.74, 6) is -0.0252.